The first-order valence-corrected chi connectivity index (χ1v) is 11.4. The van der Waals surface area contributed by atoms with E-state index in [2.05, 4.69) is 76.6 Å². The van der Waals surface area contributed by atoms with E-state index in [0.29, 0.717) is 5.56 Å². The van der Waals surface area contributed by atoms with Crippen LogP contribution in [-0.4, -0.2) is 11.3 Å². The summed E-state index contributed by atoms with van der Waals surface area (Å²) >= 11 is 3.37. The van der Waals surface area contributed by atoms with Gasteiger partial charge < -0.3 is 5.11 Å². The van der Waals surface area contributed by atoms with Crippen molar-refractivity contribution in [1.82, 2.24) is 0 Å². The van der Waals surface area contributed by atoms with Crippen LogP contribution in [0, 0.1) is 0 Å². The van der Waals surface area contributed by atoms with Crippen LogP contribution in [0.5, 0.6) is 5.75 Å². The summed E-state index contributed by atoms with van der Waals surface area (Å²) in [5, 5.41) is 13.9. The van der Waals surface area contributed by atoms with E-state index in [1.54, 1.807) is 12.3 Å². The zero-order valence-corrected chi connectivity index (χ0v) is 18.1. The summed E-state index contributed by atoms with van der Waals surface area (Å²) in [5.41, 5.74) is 1.60. The van der Waals surface area contributed by atoms with Gasteiger partial charge in [0, 0.05) is 21.6 Å². The third-order valence-corrected chi connectivity index (χ3v) is 7.47. The normalized spacial score (nSPS) is 11.2. The van der Waals surface area contributed by atoms with E-state index >= 15 is 0 Å². The summed E-state index contributed by atoms with van der Waals surface area (Å²) in [6.07, 6.45) is 1.73. The van der Waals surface area contributed by atoms with Gasteiger partial charge in [0.15, 0.2) is 0 Å². The Morgan fingerprint density at radius 2 is 1.31 bits per heavy atom. The minimum atomic E-state index is -0.744. The van der Waals surface area contributed by atoms with Crippen LogP contribution in [0.2, 0.25) is 0 Å². The number of aliphatic imine (C=N–C) groups is 1. The Morgan fingerprint density at radius 1 is 0.724 bits per heavy atom. The lowest BCUT2D eigenvalue weighted by Crippen LogP contribution is -2.20. The number of hydrogen-bond donors (Lipinski definition) is 1. The Balaban J connectivity index is 1.80. The molecule has 0 heterocycles. The predicted octanol–water partition coefficient (Wildman–Crippen LogP) is 5.66. The predicted molar refractivity (Wildman–Crippen MR) is 128 cm³/mol. The molecule has 142 valence electrons. The standard InChI is InChI=1S/C25H19BrNOP/c26-20-16-15-19(24(28)17-20)18-27-23-13-7-8-14-25(23)29(21-9-3-1-4-10-21)22-11-5-2-6-12-22/h1-18,28H. The Morgan fingerprint density at radius 3 is 1.93 bits per heavy atom. The zero-order chi connectivity index (χ0) is 20.1. The molecule has 0 unspecified atom stereocenters. The molecule has 1 N–H and O–H groups in total. The number of halogens is 1. The number of rotatable bonds is 5. The van der Waals surface area contributed by atoms with Crippen LogP contribution < -0.4 is 15.9 Å². The number of benzene rings is 4. The van der Waals surface area contributed by atoms with Crippen molar-refractivity contribution < 1.29 is 5.11 Å². The Labute approximate surface area is 180 Å². The molecule has 0 bridgehead atoms. The van der Waals surface area contributed by atoms with Gasteiger partial charge >= 0.3 is 0 Å². The monoisotopic (exact) mass is 459 g/mol. The molecule has 0 aliphatic carbocycles. The summed E-state index contributed by atoms with van der Waals surface area (Å²) in [6, 6.07) is 34.8. The number of nitrogens with zero attached hydrogens (tertiary/aromatic N) is 1. The number of aromatic hydroxyl groups is 1. The quantitative estimate of drug-likeness (QED) is 0.303. The molecule has 0 saturated carbocycles. The highest BCUT2D eigenvalue weighted by molar-refractivity contribution is 9.10. The van der Waals surface area contributed by atoms with Gasteiger partial charge in [0.2, 0.25) is 0 Å². The second-order valence-electron chi connectivity index (χ2n) is 6.46. The highest BCUT2D eigenvalue weighted by atomic mass is 79.9. The van der Waals surface area contributed by atoms with E-state index in [1.807, 2.05) is 36.4 Å². The van der Waals surface area contributed by atoms with Crippen LogP contribution in [-0.2, 0) is 0 Å². The second-order valence-corrected chi connectivity index (χ2v) is 9.56. The Hall–Kier alpha value is -2.74. The number of phenols is 1. The lowest BCUT2D eigenvalue weighted by molar-refractivity contribution is 0.474. The van der Waals surface area contributed by atoms with Crippen molar-refractivity contribution in [3.8, 4) is 5.75 Å². The number of phenolic OH excluding ortho intramolecular Hbond substituents is 1. The molecule has 0 atom stereocenters. The van der Waals surface area contributed by atoms with E-state index in [1.165, 1.54) is 15.9 Å². The third-order valence-electron chi connectivity index (χ3n) is 4.49. The molecule has 4 aromatic carbocycles. The SMILES string of the molecule is Oc1cc(Br)ccc1C=Nc1ccccc1P(c1ccccc1)c1ccccc1. The third kappa shape index (κ3) is 4.64. The van der Waals surface area contributed by atoms with Crippen LogP contribution in [0.4, 0.5) is 5.69 Å². The van der Waals surface area contributed by atoms with Gasteiger partial charge in [-0.2, -0.15) is 0 Å². The van der Waals surface area contributed by atoms with Crippen molar-refractivity contribution in [3.05, 3.63) is 113 Å². The van der Waals surface area contributed by atoms with Crippen molar-refractivity contribution in [1.29, 1.82) is 0 Å². The summed E-state index contributed by atoms with van der Waals surface area (Å²) in [6.45, 7) is 0. The largest absolute Gasteiger partial charge is 0.507 e. The highest BCUT2D eigenvalue weighted by Crippen LogP contribution is 2.36. The van der Waals surface area contributed by atoms with Gasteiger partial charge in [-0.05, 0) is 42.8 Å². The first kappa shape index (κ1) is 19.6. The van der Waals surface area contributed by atoms with Crippen molar-refractivity contribution in [2.45, 2.75) is 0 Å². The van der Waals surface area contributed by atoms with Crippen LogP contribution in [0.3, 0.4) is 0 Å². The number of para-hydroxylation sites is 1. The molecule has 29 heavy (non-hydrogen) atoms. The molecule has 4 rings (SSSR count). The first-order chi connectivity index (χ1) is 14.2. The maximum atomic E-state index is 10.2. The van der Waals surface area contributed by atoms with Gasteiger partial charge in [-0.3, -0.25) is 4.99 Å². The molecule has 0 spiro atoms. The van der Waals surface area contributed by atoms with E-state index < -0.39 is 7.92 Å². The van der Waals surface area contributed by atoms with Gasteiger partial charge in [0.05, 0.1) is 5.69 Å². The molecule has 0 aliphatic rings. The van der Waals surface area contributed by atoms with Crippen molar-refractivity contribution >= 4 is 51.7 Å². The molecule has 0 amide bonds. The molecule has 0 fully saturated rings. The lowest BCUT2D eigenvalue weighted by atomic mass is 10.2. The van der Waals surface area contributed by atoms with Crippen LogP contribution in [0.15, 0.2) is 113 Å². The fourth-order valence-electron chi connectivity index (χ4n) is 3.11. The smallest absolute Gasteiger partial charge is 0.125 e. The maximum Gasteiger partial charge on any atom is 0.125 e. The first-order valence-electron chi connectivity index (χ1n) is 9.24. The maximum absolute atomic E-state index is 10.2. The zero-order valence-electron chi connectivity index (χ0n) is 15.6. The van der Waals surface area contributed by atoms with Crippen molar-refractivity contribution in [2.75, 3.05) is 0 Å². The minimum Gasteiger partial charge on any atom is -0.507 e. The van der Waals surface area contributed by atoms with Gasteiger partial charge in [0.25, 0.3) is 0 Å². The Kier molecular flexibility index (Phi) is 6.19. The summed E-state index contributed by atoms with van der Waals surface area (Å²) in [5.74, 6) is 0.203. The average Bonchev–Trinajstić information content (AvgIpc) is 2.76. The lowest BCUT2D eigenvalue weighted by Gasteiger charge is -2.20. The fraction of sp³-hybridized carbons (Fsp3) is 0. The molecule has 4 heteroatoms. The van der Waals surface area contributed by atoms with Crippen LogP contribution in [0.25, 0.3) is 0 Å². The number of hydrogen-bond acceptors (Lipinski definition) is 2. The molecule has 0 radical (unpaired) electrons. The van der Waals surface area contributed by atoms with E-state index in [4.69, 9.17) is 4.99 Å². The average molecular weight is 460 g/mol. The molecule has 0 saturated heterocycles. The van der Waals surface area contributed by atoms with Crippen molar-refractivity contribution in [3.63, 3.8) is 0 Å². The topological polar surface area (TPSA) is 32.6 Å². The van der Waals surface area contributed by atoms with Gasteiger partial charge in [-0.25, -0.2) is 0 Å². The molecular weight excluding hydrogens is 441 g/mol. The van der Waals surface area contributed by atoms with Gasteiger partial charge in [-0.1, -0.05) is 94.8 Å². The summed E-state index contributed by atoms with van der Waals surface area (Å²) in [7, 11) is -0.744. The van der Waals surface area contributed by atoms with E-state index in [9.17, 15) is 5.11 Å². The summed E-state index contributed by atoms with van der Waals surface area (Å²) in [4.78, 5) is 4.75. The van der Waals surface area contributed by atoms with Crippen LogP contribution in [0.1, 0.15) is 5.56 Å². The van der Waals surface area contributed by atoms with Crippen molar-refractivity contribution in [2.24, 2.45) is 4.99 Å². The Bertz CT molecular complexity index is 1090. The van der Waals surface area contributed by atoms with E-state index in [-0.39, 0.29) is 5.75 Å². The van der Waals surface area contributed by atoms with Gasteiger partial charge in [-0.15, -0.1) is 0 Å². The van der Waals surface area contributed by atoms with Gasteiger partial charge in [0.1, 0.15) is 5.75 Å². The molecule has 0 aromatic heterocycles. The molecular formula is C25H19BrNOP. The molecule has 2 nitrogen and oxygen atoms in total. The second kappa shape index (κ2) is 9.17. The minimum absolute atomic E-state index is 0.203. The summed E-state index contributed by atoms with van der Waals surface area (Å²) < 4.78 is 0.837. The molecule has 0 aliphatic heterocycles. The highest BCUT2D eigenvalue weighted by Gasteiger charge is 2.18. The fourth-order valence-corrected chi connectivity index (χ4v) is 5.85. The van der Waals surface area contributed by atoms with Crippen LogP contribution >= 0.6 is 23.9 Å². The van der Waals surface area contributed by atoms with E-state index in [0.717, 1.165) is 10.2 Å². The molecule has 4 aromatic rings.